The maximum atomic E-state index is 13.2. The van der Waals surface area contributed by atoms with Crippen LogP contribution in [0.3, 0.4) is 0 Å². The molecule has 0 saturated heterocycles. The van der Waals surface area contributed by atoms with E-state index in [1.165, 1.54) is 30.2 Å². The van der Waals surface area contributed by atoms with E-state index in [0.717, 1.165) is 0 Å². The molecule has 0 aliphatic carbocycles. The highest BCUT2D eigenvalue weighted by Gasteiger charge is 2.30. The van der Waals surface area contributed by atoms with Crippen molar-refractivity contribution in [1.29, 1.82) is 0 Å². The van der Waals surface area contributed by atoms with Gasteiger partial charge in [0.25, 0.3) is 5.91 Å². The van der Waals surface area contributed by atoms with Crippen molar-refractivity contribution in [3.05, 3.63) is 62.1 Å². The number of benzene rings is 2. The number of methoxy groups -OCH3 is 1. The molecular formula is C22H25Cl2N3O6. The highest BCUT2D eigenvalue weighted by atomic mass is 35.5. The lowest BCUT2D eigenvalue weighted by atomic mass is 10.1. The van der Waals surface area contributed by atoms with Gasteiger partial charge < -0.3 is 19.7 Å². The van der Waals surface area contributed by atoms with Gasteiger partial charge in [-0.2, -0.15) is 0 Å². The van der Waals surface area contributed by atoms with E-state index in [4.69, 9.17) is 32.7 Å². The lowest BCUT2D eigenvalue weighted by Crippen LogP contribution is -2.50. The number of nitrogens with one attached hydrogen (secondary N) is 1. The summed E-state index contributed by atoms with van der Waals surface area (Å²) in [4.78, 5) is 37.7. The van der Waals surface area contributed by atoms with Gasteiger partial charge in [0.05, 0.1) is 12.0 Å². The van der Waals surface area contributed by atoms with Crippen LogP contribution in [-0.4, -0.2) is 47.9 Å². The number of halogens is 2. The first-order valence-corrected chi connectivity index (χ1v) is 10.9. The summed E-state index contributed by atoms with van der Waals surface area (Å²) in [6, 6.07) is 8.12. The van der Waals surface area contributed by atoms with E-state index in [9.17, 15) is 19.7 Å². The molecule has 0 saturated carbocycles. The quantitative estimate of drug-likeness (QED) is 0.367. The number of nitro benzene ring substituents is 1. The Bertz CT molecular complexity index is 997. The Morgan fingerprint density at radius 3 is 2.39 bits per heavy atom. The number of carbonyl (C=O) groups excluding carboxylic acids is 2. The SMILES string of the molecule is CCNC(=O)[C@H](CC)N(Cc1c(Cl)cccc1Cl)C(=O)COc1ccc([N+](=O)[O-])c(OC)c1. The maximum Gasteiger partial charge on any atom is 0.311 e. The van der Waals surface area contributed by atoms with Crippen molar-refractivity contribution in [2.75, 3.05) is 20.3 Å². The molecule has 0 spiro atoms. The third kappa shape index (κ3) is 6.72. The molecule has 0 aliphatic rings. The third-order valence-electron chi connectivity index (χ3n) is 4.84. The number of hydrogen-bond donors (Lipinski definition) is 1. The molecule has 33 heavy (non-hydrogen) atoms. The van der Waals surface area contributed by atoms with E-state index in [-0.39, 0.29) is 29.6 Å². The lowest BCUT2D eigenvalue weighted by Gasteiger charge is -2.31. The van der Waals surface area contributed by atoms with Gasteiger partial charge >= 0.3 is 5.69 Å². The number of amides is 2. The molecule has 178 valence electrons. The van der Waals surface area contributed by atoms with Gasteiger partial charge in [-0.1, -0.05) is 36.2 Å². The van der Waals surface area contributed by atoms with Crippen LogP contribution in [0.2, 0.25) is 10.0 Å². The Morgan fingerprint density at radius 2 is 1.85 bits per heavy atom. The Morgan fingerprint density at radius 1 is 1.18 bits per heavy atom. The van der Waals surface area contributed by atoms with Gasteiger partial charge in [0.1, 0.15) is 11.8 Å². The second kappa shape index (κ2) is 12.3. The Hall–Kier alpha value is -3.04. The highest BCUT2D eigenvalue weighted by Crippen LogP contribution is 2.31. The van der Waals surface area contributed by atoms with Crippen molar-refractivity contribution in [2.24, 2.45) is 0 Å². The molecule has 0 unspecified atom stereocenters. The first kappa shape index (κ1) is 26.2. The second-order valence-corrected chi connectivity index (χ2v) is 7.73. The fourth-order valence-corrected chi connectivity index (χ4v) is 3.71. The molecule has 0 aliphatic heterocycles. The molecule has 2 aromatic rings. The van der Waals surface area contributed by atoms with Crippen molar-refractivity contribution in [2.45, 2.75) is 32.9 Å². The summed E-state index contributed by atoms with van der Waals surface area (Å²) in [5.41, 5.74) is 0.280. The molecular weight excluding hydrogens is 473 g/mol. The predicted molar refractivity (Wildman–Crippen MR) is 125 cm³/mol. The van der Waals surface area contributed by atoms with Crippen LogP contribution < -0.4 is 14.8 Å². The van der Waals surface area contributed by atoms with Crippen LogP contribution in [0.15, 0.2) is 36.4 Å². The molecule has 0 aromatic heterocycles. The Balaban J connectivity index is 2.29. The summed E-state index contributed by atoms with van der Waals surface area (Å²) < 4.78 is 10.6. The number of rotatable bonds is 11. The first-order valence-electron chi connectivity index (χ1n) is 10.2. The molecule has 1 N–H and O–H groups in total. The van der Waals surface area contributed by atoms with E-state index < -0.39 is 23.5 Å². The number of hydrogen-bond acceptors (Lipinski definition) is 6. The van der Waals surface area contributed by atoms with E-state index in [1.807, 2.05) is 0 Å². The van der Waals surface area contributed by atoms with Gasteiger partial charge in [0, 0.05) is 40.8 Å². The number of ether oxygens (including phenoxy) is 2. The van der Waals surface area contributed by atoms with Crippen LogP contribution in [0.5, 0.6) is 11.5 Å². The van der Waals surface area contributed by atoms with Gasteiger partial charge in [-0.15, -0.1) is 0 Å². The number of nitro groups is 1. The standard InChI is InChI=1S/C22H25Cl2N3O6/c1-4-18(22(29)25-5-2)26(12-15-16(23)7-6-8-17(15)24)21(28)13-33-14-9-10-19(27(30)31)20(11-14)32-3/h6-11,18H,4-5,12-13H2,1-3H3,(H,25,29)/t18-/m0/s1. The zero-order valence-corrected chi connectivity index (χ0v) is 20.0. The summed E-state index contributed by atoms with van der Waals surface area (Å²) in [5.74, 6) is -0.596. The van der Waals surface area contributed by atoms with Crippen molar-refractivity contribution in [3.63, 3.8) is 0 Å². The smallest absolute Gasteiger partial charge is 0.311 e. The first-order chi connectivity index (χ1) is 15.7. The summed E-state index contributed by atoms with van der Waals surface area (Å²) >= 11 is 12.6. The minimum absolute atomic E-state index is 0.0000759. The van der Waals surface area contributed by atoms with E-state index in [2.05, 4.69) is 5.32 Å². The van der Waals surface area contributed by atoms with Crippen molar-refractivity contribution in [3.8, 4) is 11.5 Å². The molecule has 2 amide bonds. The van der Waals surface area contributed by atoms with Crippen LogP contribution in [0.1, 0.15) is 25.8 Å². The molecule has 2 rings (SSSR count). The molecule has 0 bridgehead atoms. The monoisotopic (exact) mass is 497 g/mol. The fraction of sp³-hybridized carbons (Fsp3) is 0.364. The van der Waals surface area contributed by atoms with Crippen LogP contribution in [0.25, 0.3) is 0 Å². The summed E-state index contributed by atoms with van der Waals surface area (Å²) in [5, 5.41) is 14.5. The molecule has 11 heteroatoms. The van der Waals surface area contributed by atoms with E-state index in [0.29, 0.717) is 28.6 Å². The number of carbonyl (C=O) groups is 2. The maximum absolute atomic E-state index is 13.2. The molecule has 0 heterocycles. The van der Waals surface area contributed by atoms with Gasteiger partial charge in [-0.05, 0) is 31.5 Å². The van der Waals surface area contributed by atoms with Crippen LogP contribution in [-0.2, 0) is 16.1 Å². The number of nitrogens with zero attached hydrogens (tertiary/aromatic N) is 2. The zero-order chi connectivity index (χ0) is 24.5. The van der Waals surface area contributed by atoms with Gasteiger partial charge in [0.15, 0.2) is 6.61 Å². The van der Waals surface area contributed by atoms with Crippen LogP contribution in [0.4, 0.5) is 5.69 Å². The number of likely N-dealkylation sites (N-methyl/N-ethyl adjacent to an activating group) is 1. The second-order valence-electron chi connectivity index (χ2n) is 6.92. The molecule has 2 aromatic carbocycles. The van der Waals surface area contributed by atoms with Gasteiger partial charge in [-0.3, -0.25) is 19.7 Å². The lowest BCUT2D eigenvalue weighted by molar-refractivity contribution is -0.385. The average Bonchev–Trinajstić information content (AvgIpc) is 2.79. The third-order valence-corrected chi connectivity index (χ3v) is 5.55. The summed E-state index contributed by atoms with van der Waals surface area (Å²) in [6.45, 7) is 3.56. The van der Waals surface area contributed by atoms with E-state index in [1.54, 1.807) is 32.0 Å². The molecule has 9 nitrogen and oxygen atoms in total. The molecule has 0 radical (unpaired) electrons. The molecule has 0 fully saturated rings. The van der Waals surface area contributed by atoms with Gasteiger partial charge in [0.2, 0.25) is 11.7 Å². The predicted octanol–water partition coefficient (Wildman–Crippen LogP) is 4.23. The Kier molecular flexibility index (Phi) is 9.74. The summed E-state index contributed by atoms with van der Waals surface area (Å²) in [7, 11) is 1.30. The zero-order valence-electron chi connectivity index (χ0n) is 18.5. The fourth-order valence-electron chi connectivity index (χ4n) is 3.19. The minimum atomic E-state index is -0.778. The van der Waals surface area contributed by atoms with E-state index >= 15 is 0 Å². The van der Waals surface area contributed by atoms with Crippen LogP contribution >= 0.6 is 23.2 Å². The van der Waals surface area contributed by atoms with Crippen molar-refractivity contribution < 1.29 is 24.0 Å². The highest BCUT2D eigenvalue weighted by molar-refractivity contribution is 6.36. The minimum Gasteiger partial charge on any atom is -0.490 e. The normalized spacial score (nSPS) is 11.4. The Labute approximate surface area is 201 Å². The average molecular weight is 498 g/mol. The topological polar surface area (TPSA) is 111 Å². The van der Waals surface area contributed by atoms with Crippen molar-refractivity contribution in [1.82, 2.24) is 10.2 Å². The summed E-state index contributed by atoms with van der Waals surface area (Å²) in [6.07, 6.45) is 0.352. The van der Waals surface area contributed by atoms with Crippen molar-refractivity contribution >= 4 is 40.7 Å². The van der Waals surface area contributed by atoms with Gasteiger partial charge in [-0.25, -0.2) is 0 Å². The van der Waals surface area contributed by atoms with Crippen LogP contribution in [0, 0.1) is 10.1 Å². The largest absolute Gasteiger partial charge is 0.490 e. The molecule has 1 atom stereocenters.